The monoisotopic (exact) mass is 368 g/mol. The molecule has 2 rings (SSSR count). The van der Waals surface area contributed by atoms with Gasteiger partial charge in [0.1, 0.15) is 0 Å². The zero-order valence-electron chi connectivity index (χ0n) is 11.6. The third kappa shape index (κ3) is 3.64. The van der Waals surface area contributed by atoms with Gasteiger partial charge in [-0.05, 0) is 51.7 Å². The zero-order valence-corrected chi connectivity index (χ0v) is 14.0. The van der Waals surface area contributed by atoms with Gasteiger partial charge in [-0.15, -0.1) is 0 Å². The van der Waals surface area contributed by atoms with Crippen LogP contribution in [0.1, 0.15) is 18.1 Å². The van der Waals surface area contributed by atoms with Crippen LogP contribution in [0.2, 0.25) is 0 Å². The van der Waals surface area contributed by atoms with E-state index in [1.54, 1.807) is 24.3 Å². The molecule has 112 valence electrons. The smallest absolute Gasteiger partial charge is 0.262 e. The Morgan fingerprint density at radius 2 is 1.90 bits per heavy atom. The third-order valence-corrected chi connectivity index (χ3v) is 5.30. The predicted octanol–water partition coefficient (Wildman–Crippen LogP) is 3.27. The van der Waals surface area contributed by atoms with Crippen LogP contribution in [0.15, 0.2) is 51.8 Å². The van der Waals surface area contributed by atoms with Gasteiger partial charge in [-0.3, -0.25) is 4.72 Å². The quantitative estimate of drug-likeness (QED) is 0.850. The van der Waals surface area contributed by atoms with Crippen molar-refractivity contribution in [3.05, 3.63) is 58.1 Å². The Bertz CT molecular complexity index is 745. The van der Waals surface area contributed by atoms with Crippen LogP contribution < -0.4 is 10.5 Å². The summed E-state index contributed by atoms with van der Waals surface area (Å²) in [6.07, 6.45) is 0.636. The Hall–Kier alpha value is -1.37. The third-order valence-electron chi connectivity index (χ3n) is 3.16. The number of rotatable bonds is 5. The lowest BCUT2D eigenvalue weighted by Gasteiger charge is -2.13. The van der Waals surface area contributed by atoms with Crippen LogP contribution in [-0.2, 0) is 23.0 Å². The molecule has 0 amide bonds. The summed E-state index contributed by atoms with van der Waals surface area (Å²) in [7, 11) is -3.65. The van der Waals surface area contributed by atoms with Crippen molar-refractivity contribution >= 4 is 31.6 Å². The molecule has 0 saturated carbocycles. The SMILES string of the molecule is CCc1ccc(CN)cc1S(=O)(=O)Nc1ccccc1Br. The largest absolute Gasteiger partial charge is 0.326 e. The van der Waals surface area contributed by atoms with Gasteiger partial charge in [0.2, 0.25) is 0 Å². The fourth-order valence-corrected chi connectivity index (χ4v) is 3.97. The van der Waals surface area contributed by atoms with Gasteiger partial charge in [-0.2, -0.15) is 0 Å². The molecule has 3 N–H and O–H groups in total. The first-order valence-corrected chi connectivity index (χ1v) is 8.84. The molecule has 0 atom stereocenters. The van der Waals surface area contributed by atoms with Crippen LogP contribution >= 0.6 is 15.9 Å². The maximum Gasteiger partial charge on any atom is 0.262 e. The Balaban J connectivity index is 2.46. The number of benzene rings is 2. The number of halogens is 1. The second-order valence-electron chi connectivity index (χ2n) is 4.59. The first kappa shape index (κ1) is 16.0. The molecule has 0 heterocycles. The van der Waals surface area contributed by atoms with Gasteiger partial charge in [-0.25, -0.2) is 8.42 Å². The fourth-order valence-electron chi connectivity index (χ4n) is 2.01. The second kappa shape index (κ2) is 6.60. The van der Waals surface area contributed by atoms with Gasteiger partial charge < -0.3 is 5.73 Å². The van der Waals surface area contributed by atoms with E-state index in [2.05, 4.69) is 20.7 Å². The molecule has 4 nitrogen and oxygen atoms in total. The highest BCUT2D eigenvalue weighted by molar-refractivity contribution is 9.10. The van der Waals surface area contributed by atoms with Crippen molar-refractivity contribution in [3.63, 3.8) is 0 Å². The molecule has 0 spiro atoms. The van der Waals surface area contributed by atoms with E-state index in [1.165, 1.54) is 0 Å². The van der Waals surface area contributed by atoms with Crippen molar-refractivity contribution in [1.82, 2.24) is 0 Å². The average molecular weight is 369 g/mol. The number of aryl methyl sites for hydroxylation is 1. The summed E-state index contributed by atoms with van der Waals surface area (Å²) in [6.45, 7) is 2.23. The average Bonchev–Trinajstić information content (AvgIpc) is 2.48. The molecule has 0 unspecified atom stereocenters. The van der Waals surface area contributed by atoms with Crippen molar-refractivity contribution in [1.29, 1.82) is 0 Å². The lowest BCUT2D eigenvalue weighted by Crippen LogP contribution is -2.16. The summed E-state index contributed by atoms with van der Waals surface area (Å²) in [6, 6.07) is 12.4. The van der Waals surface area contributed by atoms with Crippen molar-refractivity contribution in [2.24, 2.45) is 5.73 Å². The lowest BCUT2D eigenvalue weighted by atomic mass is 10.1. The first-order valence-electron chi connectivity index (χ1n) is 6.57. The number of nitrogens with two attached hydrogens (primary N) is 1. The summed E-state index contributed by atoms with van der Waals surface area (Å²) in [5.74, 6) is 0. The van der Waals surface area contributed by atoms with Crippen molar-refractivity contribution < 1.29 is 8.42 Å². The number of sulfonamides is 1. The van der Waals surface area contributed by atoms with Crippen LogP contribution in [0, 0.1) is 0 Å². The van der Waals surface area contributed by atoms with Crippen LogP contribution in [0.25, 0.3) is 0 Å². The van der Waals surface area contributed by atoms with Gasteiger partial charge in [-0.1, -0.05) is 31.2 Å². The molecule has 0 bridgehead atoms. The van der Waals surface area contributed by atoms with E-state index >= 15 is 0 Å². The molecule has 21 heavy (non-hydrogen) atoms. The van der Waals surface area contributed by atoms with E-state index in [4.69, 9.17) is 5.73 Å². The maximum absolute atomic E-state index is 12.6. The molecule has 0 aliphatic rings. The fraction of sp³-hybridized carbons (Fsp3) is 0.200. The minimum atomic E-state index is -3.65. The molecule has 2 aromatic rings. The Labute approximate surface area is 133 Å². The molecule has 0 aromatic heterocycles. The minimum Gasteiger partial charge on any atom is -0.326 e. The van der Waals surface area contributed by atoms with Gasteiger partial charge in [0, 0.05) is 11.0 Å². The van der Waals surface area contributed by atoms with E-state index in [9.17, 15) is 8.42 Å². The summed E-state index contributed by atoms with van der Waals surface area (Å²) in [5, 5.41) is 0. The molecule has 6 heteroatoms. The van der Waals surface area contributed by atoms with E-state index in [0.717, 1.165) is 11.1 Å². The summed E-state index contributed by atoms with van der Waals surface area (Å²) < 4.78 is 28.6. The van der Waals surface area contributed by atoms with Crippen LogP contribution in [0.4, 0.5) is 5.69 Å². The highest BCUT2D eigenvalue weighted by Crippen LogP contribution is 2.26. The molecule has 0 radical (unpaired) electrons. The van der Waals surface area contributed by atoms with E-state index in [-0.39, 0.29) is 4.90 Å². The summed E-state index contributed by atoms with van der Waals surface area (Å²) >= 11 is 3.34. The Morgan fingerprint density at radius 1 is 1.19 bits per heavy atom. The van der Waals surface area contributed by atoms with Crippen molar-refractivity contribution in [2.75, 3.05) is 4.72 Å². The summed E-state index contributed by atoms with van der Waals surface area (Å²) in [5.41, 5.74) is 7.68. The molecule has 0 aliphatic heterocycles. The lowest BCUT2D eigenvalue weighted by molar-refractivity contribution is 0.600. The van der Waals surface area contributed by atoms with Gasteiger partial charge in [0.25, 0.3) is 10.0 Å². The van der Waals surface area contributed by atoms with Gasteiger partial charge >= 0.3 is 0 Å². The normalized spacial score (nSPS) is 11.4. The predicted molar refractivity (Wildman–Crippen MR) is 88.7 cm³/mol. The minimum absolute atomic E-state index is 0.281. The number of para-hydroxylation sites is 1. The van der Waals surface area contributed by atoms with E-state index < -0.39 is 10.0 Å². The van der Waals surface area contributed by atoms with Gasteiger partial charge in [0.15, 0.2) is 0 Å². The molecule has 0 aliphatic carbocycles. The number of nitrogens with one attached hydrogen (secondary N) is 1. The maximum atomic E-state index is 12.6. The highest BCUT2D eigenvalue weighted by atomic mass is 79.9. The Kier molecular flexibility index (Phi) is 5.03. The summed E-state index contributed by atoms with van der Waals surface area (Å²) in [4.78, 5) is 0.281. The van der Waals surface area contributed by atoms with Crippen LogP contribution in [-0.4, -0.2) is 8.42 Å². The topological polar surface area (TPSA) is 72.2 Å². The van der Waals surface area contributed by atoms with Crippen LogP contribution in [0.3, 0.4) is 0 Å². The number of hydrogen-bond donors (Lipinski definition) is 2. The molecular weight excluding hydrogens is 352 g/mol. The molecule has 0 fully saturated rings. The number of anilines is 1. The number of hydrogen-bond acceptors (Lipinski definition) is 3. The standard InChI is InChI=1S/C15H17BrN2O2S/c1-2-12-8-7-11(10-17)9-15(12)21(19,20)18-14-6-4-3-5-13(14)16/h3-9,18H,2,10,17H2,1H3. The van der Waals surface area contributed by atoms with Crippen molar-refractivity contribution in [2.45, 2.75) is 24.8 Å². The second-order valence-corrected chi connectivity index (χ2v) is 7.09. The zero-order chi connectivity index (χ0) is 15.5. The molecule has 0 saturated heterocycles. The van der Waals surface area contributed by atoms with Crippen molar-refractivity contribution in [3.8, 4) is 0 Å². The molecular formula is C15H17BrN2O2S. The van der Waals surface area contributed by atoms with Gasteiger partial charge in [0.05, 0.1) is 10.6 Å². The van der Waals surface area contributed by atoms with Crippen LogP contribution in [0.5, 0.6) is 0 Å². The first-order chi connectivity index (χ1) is 9.97. The highest BCUT2D eigenvalue weighted by Gasteiger charge is 2.19. The van der Waals surface area contributed by atoms with E-state index in [0.29, 0.717) is 23.1 Å². The molecule has 2 aromatic carbocycles. The Morgan fingerprint density at radius 3 is 2.52 bits per heavy atom. The van der Waals surface area contributed by atoms with E-state index in [1.807, 2.05) is 25.1 Å².